The molecular weight excluding hydrogens is 556 g/mol. The Balaban J connectivity index is 1.73. The highest BCUT2D eigenvalue weighted by atomic mass is 16.3. The first-order valence-corrected chi connectivity index (χ1v) is 13.7. The SMILES string of the molecule is CC(=O)Nc1cccc(-c2cc(N(C)C)c3c(c2O)C(=O)C2=C(O)[C@]4(O)C(=O)C(C(N)=O)=C(O)[C@@H](N(C)C)C4CC2C3)c1. The van der Waals surface area contributed by atoms with E-state index >= 15 is 0 Å². The standard InChI is InChI=1S/C31H34N4O8/c1-13(36)33-16-8-6-7-14(9-16)17-12-20(34(2)3)18-10-15-11-19-24(35(4)5)27(39)23(30(32)42)29(41)31(19,43)28(40)21(15)26(38)22(18)25(17)37/h6-9,12,15,19,24,37,39-40,43H,10-11H2,1-5H3,(H2,32,42)(H,33,36)/t15?,19?,24-,31-/m0/s1. The quantitative estimate of drug-likeness (QED) is 0.280. The molecule has 3 aliphatic carbocycles. The largest absolute Gasteiger partial charge is 0.510 e. The molecule has 43 heavy (non-hydrogen) atoms. The second-order valence-corrected chi connectivity index (χ2v) is 11.8. The van der Waals surface area contributed by atoms with Gasteiger partial charge in [0.15, 0.2) is 11.4 Å². The Kier molecular flexibility index (Phi) is 7.10. The maximum Gasteiger partial charge on any atom is 0.255 e. The van der Waals surface area contributed by atoms with Gasteiger partial charge in [-0.2, -0.15) is 0 Å². The van der Waals surface area contributed by atoms with Crippen molar-refractivity contribution in [2.45, 2.75) is 31.4 Å². The van der Waals surface area contributed by atoms with Crippen LogP contribution in [0.2, 0.25) is 0 Å². The molecule has 12 nitrogen and oxygen atoms in total. The van der Waals surface area contributed by atoms with E-state index in [1.54, 1.807) is 63.4 Å². The molecule has 226 valence electrons. The molecule has 7 N–H and O–H groups in total. The Morgan fingerprint density at radius 1 is 1.07 bits per heavy atom. The van der Waals surface area contributed by atoms with Crippen LogP contribution in [-0.4, -0.2) is 88.5 Å². The number of likely N-dealkylation sites (N-methyl/N-ethyl adjacent to an activating group) is 1. The summed E-state index contributed by atoms with van der Waals surface area (Å²) < 4.78 is 0. The summed E-state index contributed by atoms with van der Waals surface area (Å²) in [5, 5.41) is 48.6. The number of aromatic hydroxyl groups is 1. The van der Waals surface area contributed by atoms with Crippen molar-refractivity contribution in [2.24, 2.45) is 17.6 Å². The molecule has 0 aliphatic heterocycles. The lowest BCUT2D eigenvalue weighted by Crippen LogP contribution is -2.63. The first kappa shape index (κ1) is 29.8. The van der Waals surface area contributed by atoms with Crippen LogP contribution in [0.5, 0.6) is 5.75 Å². The Labute approximate surface area is 247 Å². The number of primary amides is 1. The molecule has 0 aromatic heterocycles. The second-order valence-electron chi connectivity index (χ2n) is 11.8. The predicted octanol–water partition coefficient (Wildman–Crippen LogP) is 1.81. The summed E-state index contributed by atoms with van der Waals surface area (Å²) in [5.74, 6) is -7.31. The first-order chi connectivity index (χ1) is 20.1. The average molecular weight is 591 g/mol. The summed E-state index contributed by atoms with van der Waals surface area (Å²) >= 11 is 0. The number of nitrogens with one attached hydrogen (secondary N) is 1. The number of benzene rings is 2. The second kappa shape index (κ2) is 10.2. The fourth-order valence-corrected chi connectivity index (χ4v) is 6.89. The van der Waals surface area contributed by atoms with Crippen molar-refractivity contribution < 1.29 is 39.6 Å². The molecule has 2 aromatic rings. The minimum atomic E-state index is -2.71. The molecule has 4 atom stereocenters. The highest BCUT2D eigenvalue weighted by Crippen LogP contribution is 2.54. The van der Waals surface area contributed by atoms with Gasteiger partial charge in [-0.05, 0) is 62.2 Å². The number of rotatable bonds is 5. The number of amides is 2. The van der Waals surface area contributed by atoms with Crippen molar-refractivity contribution in [3.8, 4) is 16.9 Å². The topological polar surface area (TPSA) is 194 Å². The number of nitrogens with zero attached hydrogens (tertiary/aromatic N) is 2. The van der Waals surface area contributed by atoms with E-state index in [4.69, 9.17) is 5.73 Å². The minimum Gasteiger partial charge on any atom is -0.510 e. The van der Waals surface area contributed by atoms with Crippen LogP contribution in [0.4, 0.5) is 11.4 Å². The van der Waals surface area contributed by atoms with Crippen molar-refractivity contribution in [1.82, 2.24) is 4.90 Å². The number of phenolic OH excluding ortho intramolecular Hbond substituents is 1. The van der Waals surface area contributed by atoms with Crippen molar-refractivity contribution in [2.75, 3.05) is 38.4 Å². The van der Waals surface area contributed by atoms with Crippen LogP contribution in [-0.2, 0) is 20.8 Å². The molecule has 5 rings (SSSR count). The molecule has 12 heteroatoms. The molecule has 2 unspecified atom stereocenters. The number of phenols is 1. The Bertz CT molecular complexity index is 1670. The number of allylic oxidation sites excluding steroid dienone is 1. The van der Waals surface area contributed by atoms with Crippen molar-refractivity contribution in [3.63, 3.8) is 0 Å². The van der Waals surface area contributed by atoms with Crippen LogP contribution in [0.15, 0.2) is 53.0 Å². The summed E-state index contributed by atoms with van der Waals surface area (Å²) in [6.07, 6.45) is 0.168. The number of hydrogen-bond acceptors (Lipinski definition) is 10. The molecule has 2 amide bonds. The van der Waals surface area contributed by atoms with Crippen LogP contribution < -0.4 is 16.0 Å². The number of nitrogens with two attached hydrogens (primary N) is 1. The minimum absolute atomic E-state index is 0.0000944. The van der Waals surface area contributed by atoms with E-state index in [1.165, 1.54) is 11.8 Å². The van der Waals surface area contributed by atoms with Gasteiger partial charge in [-0.25, -0.2) is 0 Å². The average Bonchev–Trinajstić information content (AvgIpc) is 2.90. The van der Waals surface area contributed by atoms with Gasteiger partial charge >= 0.3 is 0 Å². The van der Waals surface area contributed by atoms with E-state index < -0.39 is 58.0 Å². The number of Topliss-reactive ketones (excluding diaryl/α,β-unsaturated/α-hetero) is 2. The summed E-state index contributed by atoms with van der Waals surface area (Å²) in [4.78, 5) is 54.9. The van der Waals surface area contributed by atoms with Gasteiger partial charge in [0.1, 0.15) is 22.8 Å². The summed E-state index contributed by atoms with van der Waals surface area (Å²) in [7, 11) is 6.73. The zero-order valence-corrected chi connectivity index (χ0v) is 24.4. The summed E-state index contributed by atoms with van der Waals surface area (Å²) in [5.41, 5.74) is 3.93. The third-order valence-electron chi connectivity index (χ3n) is 8.67. The number of anilines is 2. The van der Waals surface area contributed by atoms with Gasteiger partial charge in [0.05, 0.1) is 11.6 Å². The van der Waals surface area contributed by atoms with Crippen molar-refractivity contribution >= 4 is 34.8 Å². The normalized spacial score (nSPS) is 24.9. The number of hydrogen-bond donors (Lipinski definition) is 6. The van der Waals surface area contributed by atoms with Gasteiger partial charge in [0.2, 0.25) is 11.7 Å². The maximum atomic E-state index is 14.2. The molecule has 2 aromatic carbocycles. The molecule has 0 fully saturated rings. The van der Waals surface area contributed by atoms with E-state index in [9.17, 15) is 39.6 Å². The molecule has 0 heterocycles. The van der Waals surface area contributed by atoms with Crippen LogP contribution in [0.3, 0.4) is 0 Å². The van der Waals surface area contributed by atoms with Gasteiger partial charge in [0, 0.05) is 49.4 Å². The van der Waals surface area contributed by atoms with Gasteiger partial charge in [-0.3, -0.25) is 24.1 Å². The zero-order chi connectivity index (χ0) is 31.7. The van der Waals surface area contributed by atoms with Crippen LogP contribution in [0.25, 0.3) is 11.1 Å². The smallest absolute Gasteiger partial charge is 0.255 e. The van der Waals surface area contributed by atoms with Gasteiger partial charge in [0.25, 0.3) is 5.91 Å². The molecule has 0 saturated heterocycles. The van der Waals surface area contributed by atoms with Crippen molar-refractivity contribution in [1.29, 1.82) is 0 Å². The van der Waals surface area contributed by atoms with Gasteiger partial charge < -0.3 is 36.4 Å². The van der Waals surface area contributed by atoms with Gasteiger partial charge in [-0.15, -0.1) is 0 Å². The van der Waals surface area contributed by atoms with E-state index in [0.29, 0.717) is 28.1 Å². The fraction of sp³-hybridized carbons (Fsp3) is 0.355. The lowest BCUT2D eigenvalue weighted by Gasteiger charge is -2.50. The van der Waals surface area contributed by atoms with Crippen molar-refractivity contribution in [3.05, 3.63) is 64.1 Å². The van der Waals surface area contributed by atoms with E-state index in [2.05, 4.69) is 5.32 Å². The summed E-state index contributed by atoms with van der Waals surface area (Å²) in [6, 6.07) is 7.40. The molecule has 3 aliphatic rings. The molecule has 0 spiro atoms. The highest BCUT2D eigenvalue weighted by molar-refractivity contribution is 6.25. The Morgan fingerprint density at radius 3 is 2.33 bits per heavy atom. The third kappa shape index (κ3) is 4.36. The van der Waals surface area contributed by atoms with E-state index in [-0.39, 0.29) is 35.6 Å². The van der Waals surface area contributed by atoms with E-state index in [1.807, 2.05) is 0 Å². The zero-order valence-electron chi connectivity index (χ0n) is 24.4. The number of carbonyl (C=O) groups is 4. The molecular formula is C31H34N4O8. The highest BCUT2D eigenvalue weighted by Gasteiger charge is 2.63. The van der Waals surface area contributed by atoms with Crippen LogP contribution in [0, 0.1) is 11.8 Å². The number of fused-ring (bicyclic) bond motifs is 3. The first-order valence-electron chi connectivity index (χ1n) is 13.7. The molecule has 0 saturated carbocycles. The molecule has 0 radical (unpaired) electrons. The number of carbonyl (C=O) groups excluding carboxylic acids is 4. The number of ketones is 2. The lowest BCUT2D eigenvalue weighted by atomic mass is 9.58. The number of aliphatic hydroxyl groups is 3. The third-order valence-corrected chi connectivity index (χ3v) is 8.67. The monoisotopic (exact) mass is 590 g/mol. The molecule has 0 bridgehead atoms. The van der Waals surface area contributed by atoms with Crippen LogP contribution in [0.1, 0.15) is 29.3 Å². The fourth-order valence-electron chi connectivity index (χ4n) is 6.89. The predicted molar refractivity (Wildman–Crippen MR) is 158 cm³/mol. The Hall–Kier alpha value is -4.68. The Morgan fingerprint density at radius 2 is 1.74 bits per heavy atom. The van der Waals surface area contributed by atoms with E-state index in [0.717, 1.165) is 0 Å². The maximum absolute atomic E-state index is 14.2. The van der Waals surface area contributed by atoms with Crippen LogP contribution >= 0.6 is 0 Å². The number of aliphatic hydroxyl groups excluding tert-OH is 2. The van der Waals surface area contributed by atoms with Gasteiger partial charge in [-0.1, -0.05) is 12.1 Å². The lowest BCUT2D eigenvalue weighted by molar-refractivity contribution is -0.148. The summed E-state index contributed by atoms with van der Waals surface area (Å²) in [6.45, 7) is 1.37.